The monoisotopic (exact) mass is 410 g/mol. The number of likely N-dealkylation sites (tertiary alicyclic amines) is 1. The van der Waals surface area contributed by atoms with Gasteiger partial charge >= 0.3 is 0 Å². The number of piperidine rings is 1. The van der Waals surface area contributed by atoms with Crippen molar-refractivity contribution in [2.75, 3.05) is 26.2 Å². The lowest BCUT2D eigenvalue weighted by molar-refractivity contribution is 0.00843. The van der Waals surface area contributed by atoms with Gasteiger partial charge in [-0.05, 0) is 55.5 Å². The molecule has 0 saturated carbocycles. The Labute approximate surface area is 170 Å². The highest BCUT2D eigenvalue weighted by molar-refractivity contribution is 7.09. The summed E-state index contributed by atoms with van der Waals surface area (Å²) < 4.78 is 11.6. The fraction of sp³-hybridized carbons (Fsp3) is 0.450. The van der Waals surface area contributed by atoms with Gasteiger partial charge in [0.1, 0.15) is 12.4 Å². The third kappa shape index (κ3) is 6.50. The molecular formula is C20H27ClN2O3S. The fourth-order valence-electron chi connectivity index (χ4n) is 3.01. The Morgan fingerprint density at radius 3 is 2.74 bits per heavy atom. The maximum atomic E-state index is 12.8. The molecule has 1 fully saturated rings. The van der Waals surface area contributed by atoms with Gasteiger partial charge in [-0.15, -0.1) is 23.7 Å². The number of nitrogens with zero attached hydrogens (tertiary/aromatic N) is 1. The molecule has 1 aromatic heterocycles. The number of halogens is 1. The normalized spacial score (nSPS) is 14.6. The summed E-state index contributed by atoms with van der Waals surface area (Å²) in [6, 6.07) is 11.5. The van der Waals surface area contributed by atoms with E-state index in [0.717, 1.165) is 38.1 Å². The summed E-state index contributed by atoms with van der Waals surface area (Å²) in [6.07, 6.45) is 2.89. The maximum absolute atomic E-state index is 12.8. The van der Waals surface area contributed by atoms with E-state index < -0.39 is 0 Å². The molecule has 1 aromatic carbocycles. The molecule has 2 heterocycles. The van der Waals surface area contributed by atoms with Crippen molar-refractivity contribution in [1.29, 1.82) is 0 Å². The molecule has 0 unspecified atom stereocenters. The lowest BCUT2D eigenvalue weighted by atomic mass is 10.1. The zero-order chi connectivity index (χ0) is 18.2. The number of hydrogen-bond acceptors (Lipinski definition) is 5. The first-order valence-electron chi connectivity index (χ1n) is 9.12. The van der Waals surface area contributed by atoms with Crippen LogP contribution in [-0.4, -0.2) is 43.2 Å². The van der Waals surface area contributed by atoms with Crippen LogP contribution in [0.3, 0.4) is 0 Å². The van der Waals surface area contributed by atoms with E-state index in [1.807, 2.05) is 46.7 Å². The molecule has 0 bridgehead atoms. The number of benzene rings is 1. The number of ether oxygens (including phenoxy) is 2. The van der Waals surface area contributed by atoms with E-state index in [0.29, 0.717) is 25.3 Å². The Kier molecular flexibility index (Phi) is 9.07. The summed E-state index contributed by atoms with van der Waals surface area (Å²) in [5.41, 5.74) is 6.17. The minimum Gasteiger partial charge on any atom is -0.488 e. The van der Waals surface area contributed by atoms with E-state index in [1.165, 1.54) is 4.88 Å². The second kappa shape index (κ2) is 11.3. The number of nitrogens with two attached hydrogens (primary N) is 1. The van der Waals surface area contributed by atoms with Crippen molar-refractivity contribution in [2.24, 2.45) is 5.73 Å². The average molecular weight is 411 g/mol. The van der Waals surface area contributed by atoms with Crippen molar-refractivity contribution in [3.05, 3.63) is 52.2 Å². The molecule has 2 aromatic rings. The lowest BCUT2D eigenvalue weighted by Crippen LogP contribution is -2.41. The van der Waals surface area contributed by atoms with Crippen molar-refractivity contribution >= 4 is 29.7 Å². The van der Waals surface area contributed by atoms with E-state index in [4.69, 9.17) is 15.2 Å². The molecule has 2 N–H and O–H groups in total. The molecule has 3 rings (SSSR count). The van der Waals surface area contributed by atoms with E-state index in [9.17, 15) is 4.79 Å². The van der Waals surface area contributed by atoms with Gasteiger partial charge in [0.05, 0.1) is 6.10 Å². The van der Waals surface area contributed by atoms with Crippen molar-refractivity contribution in [3.63, 3.8) is 0 Å². The summed E-state index contributed by atoms with van der Waals surface area (Å²) >= 11 is 1.66. The van der Waals surface area contributed by atoms with Gasteiger partial charge in [-0.25, -0.2) is 0 Å². The minimum absolute atomic E-state index is 0. The van der Waals surface area contributed by atoms with Gasteiger partial charge in [0.2, 0.25) is 0 Å². The molecule has 1 saturated heterocycles. The number of amides is 1. The average Bonchev–Trinajstić information content (AvgIpc) is 3.20. The predicted molar refractivity (Wildman–Crippen MR) is 111 cm³/mol. The first kappa shape index (κ1) is 21.7. The quantitative estimate of drug-likeness (QED) is 0.673. The van der Waals surface area contributed by atoms with Crippen LogP contribution in [0.15, 0.2) is 41.8 Å². The van der Waals surface area contributed by atoms with Crippen LogP contribution in [0.1, 0.15) is 34.5 Å². The van der Waals surface area contributed by atoms with Gasteiger partial charge in [0.15, 0.2) is 0 Å². The standard InChI is InChI=1S/C20H26N2O3S.ClH/c21-9-3-12-24-17-7-10-22(11-8-17)20(23)16-4-1-5-18(14-16)25-15-19-6-2-13-26-19;/h1-2,4-6,13-14,17H,3,7-12,15,21H2;1H. The number of thiophene rings is 1. The first-order valence-corrected chi connectivity index (χ1v) is 10.0. The Hall–Kier alpha value is -1.60. The molecule has 1 aliphatic rings. The van der Waals surface area contributed by atoms with Gasteiger partial charge in [-0.2, -0.15) is 0 Å². The molecule has 1 aliphatic heterocycles. The van der Waals surface area contributed by atoms with Gasteiger partial charge in [-0.1, -0.05) is 12.1 Å². The van der Waals surface area contributed by atoms with E-state index in [2.05, 4.69) is 0 Å². The molecule has 148 valence electrons. The zero-order valence-corrected chi connectivity index (χ0v) is 17.0. The Morgan fingerprint density at radius 2 is 2.04 bits per heavy atom. The van der Waals surface area contributed by atoms with Gasteiger partial charge in [-0.3, -0.25) is 4.79 Å². The smallest absolute Gasteiger partial charge is 0.253 e. The zero-order valence-electron chi connectivity index (χ0n) is 15.3. The highest BCUT2D eigenvalue weighted by atomic mass is 35.5. The van der Waals surface area contributed by atoms with Crippen molar-refractivity contribution < 1.29 is 14.3 Å². The lowest BCUT2D eigenvalue weighted by Gasteiger charge is -2.32. The first-order chi connectivity index (χ1) is 12.8. The third-order valence-electron chi connectivity index (χ3n) is 4.47. The summed E-state index contributed by atoms with van der Waals surface area (Å²) in [4.78, 5) is 15.8. The Morgan fingerprint density at radius 1 is 1.22 bits per heavy atom. The Balaban J connectivity index is 0.00000261. The summed E-state index contributed by atoms with van der Waals surface area (Å²) in [5, 5.41) is 2.03. The number of hydrogen-bond donors (Lipinski definition) is 1. The topological polar surface area (TPSA) is 64.8 Å². The SMILES string of the molecule is Cl.NCCCOC1CCN(C(=O)c2cccc(OCc3cccs3)c2)CC1. The van der Waals surface area contributed by atoms with E-state index >= 15 is 0 Å². The van der Waals surface area contributed by atoms with Crippen molar-refractivity contribution in [2.45, 2.75) is 32.0 Å². The van der Waals surface area contributed by atoms with Crippen LogP contribution in [0, 0.1) is 0 Å². The van der Waals surface area contributed by atoms with Crippen LogP contribution in [0.2, 0.25) is 0 Å². The molecule has 0 aliphatic carbocycles. The molecule has 5 nitrogen and oxygen atoms in total. The minimum atomic E-state index is 0. The summed E-state index contributed by atoms with van der Waals surface area (Å²) in [6.45, 7) is 3.35. The predicted octanol–water partition coefficient (Wildman–Crippen LogP) is 3.72. The van der Waals surface area contributed by atoms with Crippen LogP contribution >= 0.6 is 23.7 Å². The van der Waals surface area contributed by atoms with E-state index in [1.54, 1.807) is 11.3 Å². The van der Waals surface area contributed by atoms with Crippen LogP contribution < -0.4 is 10.5 Å². The van der Waals surface area contributed by atoms with Crippen LogP contribution in [0.4, 0.5) is 0 Å². The fourth-order valence-corrected chi connectivity index (χ4v) is 3.63. The maximum Gasteiger partial charge on any atom is 0.253 e. The largest absolute Gasteiger partial charge is 0.488 e. The molecule has 0 atom stereocenters. The molecular weight excluding hydrogens is 384 g/mol. The molecule has 0 radical (unpaired) electrons. The number of rotatable bonds is 8. The summed E-state index contributed by atoms with van der Waals surface area (Å²) in [5.74, 6) is 0.788. The number of carbonyl (C=O) groups excluding carboxylic acids is 1. The highest BCUT2D eigenvalue weighted by Crippen LogP contribution is 2.20. The highest BCUT2D eigenvalue weighted by Gasteiger charge is 2.24. The molecule has 0 spiro atoms. The van der Waals surface area contributed by atoms with Crippen LogP contribution in [0.5, 0.6) is 5.75 Å². The van der Waals surface area contributed by atoms with E-state index in [-0.39, 0.29) is 24.4 Å². The second-order valence-corrected chi connectivity index (χ2v) is 7.43. The Bertz CT molecular complexity index is 688. The van der Waals surface area contributed by atoms with Gasteiger partial charge < -0.3 is 20.1 Å². The third-order valence-corrected chi connectivity index (χ3v) is 5.32. The second-order valence-electron chi connectivity index (χ2n) is 6.40. The summed E-state index contributed by atoms with van der Waals surface area (Å²) in [7, 11) is 0. The van der Waals surface area contributed by atoms with Crippen molar-refractivity contribution in [3.8, 4) is 5.75 Å². The van der Waals surface area contributed by atoms with Gasteiger partial charge in [0, 0.05) is 30.1 Å². The number of carbonyl (C=O) groups is 1. The molecule has 1 amide bonds. The van der Waals surface area contributed by atoms with Crippen molar-refractivity contribution in [1.82, 2.24) is 4.90 Å². The van der Waals surface area contributed by atoms with Gasteiger partial charge in [0.25, 0.3) is 5.91 Å². The van der Waals surface area contributed by atoms with Crippen LogP contribution in [-0.2, 0) is 11.3 Å². The molecule has 7 heteroatoms. The molecule has 27 heavy (non-hydrogen) atoms. The van der Waals surface area contributed by atoms with Crippen LogP contribution in [0.25, 0.3) is 0 Å².